The van der Waals surface area contributed by atoms with Gasteiger partial charge in [0.05, 0.1) is 5.52 Å². The monoisotopic (exact) mass is 324 g/mol. The highest BCUT2D eigenvalue weighted by Gasteiger charge is 2.04. The van der Waals surface area contributed by atoms with Crippen molar-refractivity contribution < 1.29 is 4.74 Å². The normalized spacial score (nSPS) is 11.3. The lowest BCUT2D eigenvalue weighted by atomic mass is 10.1. The Hall–Kier alpha value is -2.53. The van der Waals surface area contributed by atoms with Gasteiger partial charge in [0.2, 0.25) is 0 Å². The van der Waals surface area contributed by atoms with Crippen molar-refractivity contribution in [3.05, 3.63) is 48.0 Å². The SMILES string of the molecule is CC(C)CCNCc1ccc(Oc2ccc3c(N)n[nH]c3c2)cc1. The number of nitrogen functional groups attached to an aromatic ring is 1. The molecule has 0 aliphatic carbocycles. The van der Waals surface area contributed by atoms with E-state index in [0.717, 1.165) is 41.4 Å². The van der Waals surface area contributed by atoms with Crippen molar-refractivity contribution in [2.75, 3.05) is 12.3 Å². The highest BCUT2D eigenvalue weighted by Crippen LogP contribution is 2.27. The number of anilines is 1. The van der Waals surface area contributed by atoms with E-state index in [4.69, 9.17) is 10.5 Å². The molecule has 3 rings (SSSR count). The van der Waals surface area contributed by atoms with Gasteiger partial charge in [0.15, 0.2) is 5.82 Å². The third kappa shape index (κ3) is 4.06. The van der Waals surface area contributed by atoms with E-state index in [2.05, 4.69) is 41.5 Å². The molecular formula is C19H24N4O. The van der Waals surface area contributed by atoms with Crippen LogP contribution in [0.1, 0.15) is 25.8 Å². The maximum atomic E-state index is 5.90. The fourth-order valence-electron chi connectivity index (χ4n) is 2.52. The highest BCUT2D eigenvalue weighted by molar-refractivity contribution is 5.89. The van der Waals surface area contributed by atoms with Crippen LogP contribution in [0, 0.1) is 5.92 Å². The Morgan fingerprint density at radius 3 is 2.62 bits per heavy atom. The Balaban J connectivity index is 1.58. The Bertz CT molecular complexity index is 793. The molecule has 5 nitrogen and oxygen atoms in total. The molecule has 3 aromatic rings. The molecule has 0 aliphatic rings. The molecule has 0 saturated heterocycles. The van der Waals surface area contributed by atoms with Crippen molar-refractivity contribution in [2.45, 2.75) is 26.8 Å². The van der Waals surface area contributed by atoms with Gasteiger partial charge in [-0.2, -0.15) is 5.10 Å². The average Bonchev–Trinajstić information content (AvgIpc) is 2.94. The molecule has 0 saturated carbocycles. The summed E-state index contributed by atoms with van der Waals surface area (Å²) in [5, 5.41) is 11.3. The summed E-state index contributed by atoms with van der Waals surface area (Å²) in [6.45, 7) is 6.40. The lowest BCUT2D eigenvalue weighted by Gasteiger charge is -2.09. The minimum Gasteiger partial charge on any atom is -0.457 e. The smallest absolute Gasteiger partial charge is 0.153 e. The number of hydrogen-bond acceptors (Lipinski definition) is 4. The van der Waals surface area contributed by atoms with Crippen molar-refractivity contribution in [3.8, 4) is 11.5 Å². The van der Waals surface area contributed by atoms with Crippen molar-refractivity contribution in [1.82, 2.24) is 15.5 Å². The van der Waals surface area contributed by atoms with Crippen LogP contribution in [0.5, 0.6) is 11.5 Å². The van der Waals surface area contributed by atoms with Gasteiger partial charge in [-0.05, 0) is 48.7 Å². The van der Waals surface area contributed by atoms with Crippen LogP contribution in [0.4, 0.5) is 5.82 Å². The Morgan fingerprint density at radius 2 is 1.88 bits per heavy atom. The molecule has 5 heteroatoms. The molecule has 1 heterocycles. The van der Waals surface area contributed by atoms with Crippen LogP contribution < -0.4 is 15.8 Å². The summed E-state index contributed by atoms with van der Waals surface area (Å²) in [5.74, 6) is 2.81. The van der Waals surface area contributed by atoms with Crippen LogP contribution in [0.25, 0.3) is 10.9 Å². The van der Waals surface area contributed by atoms with Gasteiger partial charge in [-0.25, -0.2) is 0 Å². The zero-order chi connectivity index (χ0) is 16.9. The van der Waals surface area contributed by atoms with Gasteiger partial charge in [0.25, 0.3) is 0 Å². The number of rotatable bonds is 7. The van der Waals surface area contributed by atoms with E-state index >= 15 is 0 Å². The van der Waals surface area contributed by atoms with Gasteiger partial charge < -0.3 is 15.8 Å². The molecule has 0 aliphatic heterocycles. The van der Waals surface area contributed by atoms with Crippen molar-refractivity contribution in [3.63, 3.8) is 0 Å². The molecule has 0 unspecified atom stereocenters. The van der Waals surface area contributed by atoms with Crippen LogP contribution in [-0.2, 0) is 6.54 Å². The van der Waals surface area contributed by atoms with Gasteiger partial charge in [-0.3, -0.25) is 5.10 Å². The van der Waals surface area contributed by atoms with Gasteiger partial charge >= 0.3 is 0 Å². The molecule has 0 spiro atoms. The van der Waals surface area contributed by atoms with E-state index in [1.165, 1.54) is 12.0 Å². The largest absolute Gasteiger partial charge is 0.457 e. The van der Waals surface area contributed by atoms with E-state index in [9.17, 15) is 0 Å². The first-order valence-electron chi connectivity index (χ1n) is 8.33. The molecule has 0 bridgehead atoms. The first kappa shape index (κ1) is 16.3. The summed E-state index contributed by atoms with van der Waals surface area (Å²) in [5.41, 5.74) is 7.90. The summed E-state index contributed by atoms with van der Waals surface area (Å²) in [7, 11) is 0. The van der Waals surface area contributed by atoms with E-state index in [1.807, 2.05) is 30.3 Å². The van der Waals surface area contributed by atoms with Crippen LogP contribution in [0.2, 0.25) is 0 Å². The molecule has 126 valence electrons. The van der Waals surface area contributed by atoms with E-state index in [1.54, 1.807) is 0 Å². The maximum absolute atomic E-state index is 5.90. The third-order valence-corrected chi connectivity index (χ3v) is 3.95. The van der Waals surface area contributed by atoms with Crippen LogP contribution in [0.15, 0.2) is 42.5 Å². The Labute approximate surface area is 142 Å². The number of hydrogen-bond donors (Lipinski definition) is 3. The maximum Gasteiger partial charge on any atom is 0.153 e. The predicted octanol–water partition coefficient (Wildman–Crippen LogP) is 4.07. The molecular weight excluding hydrogens is 300 g/mol. The van der Waals surface area contributed by atoms with Crippen LogP contribution >= 0.6 is 0 Å². The third-order valence-electron chi connectivity index (χ3n) is 3.95. The number of H-pyrrole nitrogens is 1. The highest BCUT2D eigenvalue weighted by atomic mass is 16.5. The van der Waals surface area contributed by atoms with Crippen molar-refractivity contribution in [1.29, 1.82) is 0 Å². The molecule has 1 aromatic heterocycles. The summed E-state index contributed by atoms with van der Waals surface area (Å²) in [4.78, 5) is 0. The molecule has 0 fully saturated rings. The minimum absolute atomic E-state index is 0.505. The second-order valence-corrected chi connectivity index (χ2v) is 6.42. The molecule has 24 heavy (non-hydrogen) atoms. The van der Waals surface area contributed by atoms with Gasteiger partial charge in [0.1, 0.15) is 11.5 Å². The number of aromatic amines is 1. The van der Waals surface area contributed by atoms with Crippen LogP contribution in [-0.4, -0.2) is 16.7 Å². The predicted molar refractivity (Wildman–Crippen MR) is 98.2 cm³/mol. The first-order chi connectivity index (χ1) is 11.6. The Morgan fingerprint density at radius 1 is 1.12 bits per heavy atom. The molecule has 4 N–H and O–H groups in total. The van der Waals surface area contributed by atoms with E-state index < -0.39 is 0 Å². The van der Waals surface area contributed by atoms with E-state index in [0.29, 0.717) is 5.82 Å². The number of aromatic nitrogens is 2. The zero-order valence-corrected chi connectivity index (χ0v) is 14.2. The summed E-state index contributed by atoms with van der Waals surface area (Å²) < 4.78 is 5.90. The Kier molecular flexibility index (Phi) is 5.01. The number of ether oxygens (including phenoxy) is 1. The quantitative estimate of drug-likeness (QED) is 0.573. The number of nitrogens with one attached hydrogen (secondary N) is 2. The summed E-state index contributed by atoms with van der Waals surface area (Å²) >= 11 is 0. The lowest BCUT2D eigenvalue weighted by Crippen LogP contribution is -2.16. The van der Waals surface area contributed by atoms with Gasteiger partial charge in [-0.15, -0.1) is 0 Å². The van der Waals surface area contributed by atoms with E-state index in [-0.39, 0.29) is 0 Å². The topological polar surface area (TPSA) is 76.0 Å². The average molecular weight is 324 g/mol. The molecule has 0 atom stereocenters. The minimum atomic E-state index is 0.505. The number of benzene rings is 2. The molecule has 0 amide bonds. The fraction of sp³-hybridized carbons (Fsp3) is 0.316. The second-order valence-electron chi connectivity index (χ2n) is 6.42. The van der Waals surface area contributed by atoms with Gasteiger partial charge in [0, 0.05) is 18.0 Å². The van der Waals surface area contributed by atoms with Crippen molar-refractivity contribution >= 4 is 16.7 Å². The molecule has 2 aromatic carbocycles. The summed E-state index contributed by atoms with van der Waals surface area (Å²) in [6.07, 6.45) is 1.20. The molecule has 0 radical (unpaired) electrons. The summed E-state index contributed by atoms with van der Waals surface area (Å²) in [6, 6.07) is 13.9. The number of fused-ring (bicyclic) bond motifs is 1. The second kappa shape index (κ2) is 7.36. The lowest BCUT2D eigenvalue weighted by molar-refractivity contribution is 0.483. The van der Waals surface area contributed by atoms with Gasteiger partial charge in [-0.1, -0.05) is 26.0 Å². The van der Waals surface area contributed by atoms with Crippen LogP contribution in [0.3, 0.4) is 0 Å². The first-order valence-corrected chi connectivity index (χ1v) is 8.33. The van der Waals surface area contributed by atoms with Crippen molar-refractivity contribution in [2.24, 2.45) is 5.92 Å². The number of nitrogens with two attached hydrogens (primary N) is 1. The standard InChI is InChI=1S/C19H24N4O/c1-13(2)9-10-21-12-14-3-5-15(6-4-14)24-16-7-8-17-18(11-16)22-23-19(17)20/h3-8,11,13,21H,9-10,12H2,1-2H3,(H3,20,22,23). The fourth-order valence-corrected chi connectivity index (χ4v) is 2.52. The zero-order valence-electron chi connectivity index (χ0n) is 14.2. The number of nitrogens with zero attached hydrogens (tertiary/aromatic N) is 1.